The number of rotatable bonds is 5. The van der Waals surface area contributed by atoms with Gasteiger partial charge in [-0.15, -0.1) is 0 Å². The molecule has 4 nitrogen and oxygen atoms in total. The Morgan fingerprint density at radius 3 is 2.94 bits per heavy atom. The normalized spacial score (nSPS) is 10.5. The summed E-state index contributed by atoms with van der Waals surface area (Å²) < 4.78 is 5.12. The monoisotopic (exact) mass is 234 g/mol. The smallest absolute Gasteiger partial charge is 0.257 e. The highest BCUT2D eigenvalue weighted by Crippen LogP contribution is 2.23. The number of hydrogen-bond donors (Lipinski definition) is 2. The van der Waals surface area contributed by atoms with Crippen molar-refractivity contribution < 1.29 is 9.53 Å². The minimum atomic E-state index is -0.204. The molecule has 0 aliphatic carbocycles. The standard InChI is InChI=1S/C13H18N2O2/c1-3-4-5-9-15-13(16)12-10(14)7-6-8-11(12)17-2/h3-4,6-8H,5,9,14H2,1-2H3,(H,15,16)/b4-3+. The molecule has 0 aliphatic heterocycles. The summed E-state index contributed by atoms with van der Waals surface area (Å²) in [7, 11) is 1.52. The molecular formula is C13H18N2O2. The maximum Gasteiger partial charge on any atom is 0.257 e. The number of ether oxygens (including phenoxy) is 1. The fourth-order valence-corrected chi connectivity index (χ4v) is 1.49. The molecule has 3 N–H and O–H groups in total. The fraction of sp³-hybridized carbons (Fsp3) is 0.308. The maximum atomic E-state index is 11.9. The number of carbonyl (C=O) groups is 1. The fourth-order valence-electron chi connectivity index (χ4n) is 1.49. The van der Waals surface area contributed by atoms with Crippen LogP contribution in [-0.2, 0) is 0 Å². The number of nitrogens with two attached hydrogens (primary N) is 1. The molecule has 1 rings (SSSR count). The van der Waals surface area contributed by atoms with Gasteiger partial charge in [-0.05, 0) is 25.5 Å². The number of nitrogen functional groups attached to an aromatic ring is 1. The van der Waals surface area contributed by atoms with E-state index >= 15 is 0 Å². The Bertz CT molecular complexity index is 414. The predicted octanol–water partition coefficient (Wildman–Crippen LogP) is 1.97. The van der Waals surface area contributed by atoms with E-state index < -0.39 is 0 Å². The number of anilines is 1. The van der Waals surface area contributed by atoms with Gasteiger partial charge in [0.05, 0.1) is 7.11 Å². The van der Waals surface area contributed by atoms with E-state index in [2.05, 4.69) is 5.32 Å². The van der Waals surface area contributed by atoms with Gasteiger partial charge in [-0.25, -0.2) is 0 Å². The van der Waals surface area contributed by atoms with Gasteiger partial charge in [-0.3, -0.25) is 4.79 Å². The first kappa shape index (κ1) is 13.1. The highest BCUT2D eigenvalue weighted by Gasteiger charge is 2.14. The van der Waals surface area contributed by atoms with Gasteiger partial charge in [0.15, 0.2) is 0 Å². The third-order valence-electron chi connectivity index (χ3n) is 2.34. The van der Waals surface area contributed by atoms with Crippen molar-refractivity contribution >= 4 is 11.6 Å². The van der Waals surface area contributed by atoms with E-state index in [9.17, 15) is 4.79 Å². The van der Waals surface area contributed by atoms with Gasteiger partial charge in [-0.2, -0.15) is 0 Å². The highest BCUT2D eigenvalue weighted by atomic mass is 16.5. The SMILES string of the molecule is C/C=C/CCNC(=O)c1c(N)cccc1OC. The van der Waals surface area contributed by atoms with Crippen LogP contribution in [0.15, 0.2) is 30.4 Å². The molecule has 4 heteroatoms. The molecule has 92 valence electrons. The largest absolute Gasteiger partial charge is 0.496 e. The van der Waals surface area contributed by atoms with Gasteiger partial charge >= 0.3 is 0 Å². The van der Waals surface area contributed by atoms with Gasteiger partial charge in [0, 0.05) is 12.2 Å². The summed E-state index contributed by atoms with van der Waals surface area (Å²) in [6.07, 6.45) is 4.74. The average molecular weight is 234 g/mol. The summed E-state index contributed by atoms with van der Waals surface area (Å²) in [4.78, 5) is 11.9. The van der Waals surface area contributed by atoms with Crippen molar-refractivity contribution in [2.75, 3.05) is 19.4 Å². The Morgan fingerprint density at radius 2 is 2.29 bits per heavy atom. The van der Waals surface area contributed by atoms with Crippen molar-refractivity contribution in [3.63, 3.8) is 0 Å². The zero-order valence-corrected chi connectivity index (χ0v) is 10.2. The third kappa shape index (κ3) is 3.52. The van der Waals surface area contributed by atoms with Gasteiger partial charge in [0.25, 0.3) is 5.91 Å². The second kappa shape index (κ2) is 6.58. The number of amides is 1. The Hall–Kier alpha value is -1.97. The molecule has 0 radical (unpaired) electrons. The molecule has 1 aromatic rings. The first-order valence-corrected chi connectivity index (χ1v) is 5.52. The molecule has 0 heterocycles. The van der Waals surface area contributed by atoms with E-state index in [0.717, 1.165) is 6.42 Å². The quantitative estimate of drug-likeness (QED) is 0.465. The van der Waals surface area contributed by atoms with Crippen molar-refractivity contribution in [3.05, 3.63) is 35.9 Å². The summed E-state index contributed by atoms with van der Waals surface area (Å²) in [6.45, 7) is 2.53. The molecule has 0 bridgehead atoms. The topological polar surface area (TPSA) is 64.4 Å². The summed E-state index contributed by atoms with van der Waals surface area (Å²) in [6, 6.07) is 5.16. The lowest BCUT2D eigenvalue weighted by atomic mass is 10.1. The van der Waals surface area contributed by atoms with Crippen molar-refractivity contribution in [3.8, 4) is 5.75 Å². The van der Waals surface area contributed by atoms with Crippen LogP contribution < -0.4 is 15.8 Å². The van der Waals surface area contributed by atoms with E-state index in [1.807, 2.05) is 19.1 Å². The number of allylic oxidation sites excluding steroid dienone is 1. The Morgan fingerprint density at radius 1 is 1.53 bits per heavy atom. The summed E-state index contributed by atoms with van der Waals surface area (Å²) in [5.41, 5.74) is 6.60. The van der Waals surface area contributed by atoms with Crippen LogP contribution in [0, 0.1) is 0 Å². The van der Waals surface area contributed by atoms with Crippen molar-refractivity contribution in [2.45, 2.75) is 13.3 Å². The number of methoxy groups -OCH3 is 1. The first-order valence-electron chi connectivity index (χ1n) is 5.52. The van der Waals surface area contributed by atoms with Crippen LogP contribution in [0.2, 0.25) is 0 Å². The predicted molar refractivity (Wildman–Crippen MR) is 69.2 cm³/mol. The van der Waals surface area contributed by atoms with Crippen LogP contribution in [0.1, 0.15) is 23.7 Å². The van der Waals surface area contributed by atoms with Gasteiger partial charge < -0.3 is 15.8 Å². The number of hydrogen-bond acceptors (Lipinski definition) is 3. The minimum Gasteiger partial charge on any atom is -0.496 e. The van der Waals surface area contributed by atoms with Crippen LogP contribution >= 0.6 is 0 Å². The second-order valence-corrected chi connectivity index (χ2v) is 3.54. The Labute approximate surface area is 101 Å². The van der Waals surface area contributed by atoms with Crippen LogP contribution in [0.5, 0.6) is 5.75 Å². The van der Waals surface area contributed by atoms with Gasteiger partial charge in [0.2, 0.25) is 0 Å². The van der Waals surface area contributed by atoms with Crippen LogP contribution in [-0.4, -0.2) is 19.6 Å². The second-order valence-electron chi connectivity index (χ2n) is 3.54. The van der Waals surface area contributed by atoms with Crippen molar-refractivity contribution in [1.82, 2.24) is 5.32 Å². The Balaban J connectivity index is 2.74. The maximum absolute atomic E-state index is 11.9. The molecule has 0 unspecified atom stereocenters. The molecular weight excluding hydrogens is 216 g/mol. The number of nitrogens with one attached hydrogen (secondary N) is 1. The molecule has 0 atom stereocenters. The molecule has 0 aliphatic rings. The minimum absolute atomic E-state index is 0.204. The highest BCUT2D eigenvalue weighted by molar-refractivity contribution is 6.01. The van der Waals surface area contributed by atoms with Crippen LogP contribution in [0.4, 0.5) is 5.69 Å². The van der Waals surface area contributed by atoms with Gasteiger partial charge in [0.1, 0.15) is 11.3 Å². The molecule has 0 spiro atoms. The van der Waals surface area contributed by atoms with E-state index in [1.165, 1.54) is 7.11 Å². The third-order valence-corrected chi connectivity index (χ3v) is 2.34. The summed E-state index contributed by atoms with van der Waals surface area (Å²) >= 11 is 0. The lowest BCUT2D eigenvalue weighted by molar-refractivity contribution is 0.0952. The molecule has 0 aromatic heterocycles. The van der Waals surface area contributed by atoms with E-state index in [0.29, 0.717) is 23.5 Å². The molecule has 1 aromatic carbocycles. The summed E-state index contributed by atoms with van der Waals surface area (Å²) in [5, 5.41) is 2.80. The van der Waals surface area contributed by atoms with Crippen LogP contribution in [0.25, 0.3) is 0 Å². The van der Waals surface area contributed by atoms with E-state index in [1.54, 1.807) is 18.2 Å². The molecule has 0 saturated heterocycles. The lowest BCUT2D eigenvalue weighted by Crippen LogP contribution is -2.25. The molecule has 0 fully saturated rings. The van der Waals surface area contributed by atoms with E-state index in [-0.39, 0.29) is 5.91 Å². The van der Waals surface area contributed by atoms with Crippen molar-refractivity contribution in [2.24, 2.45) is 0 Å². The molecule has 0 saturated carbocycles. The zero-order chi connectivity index (χ0) is 12.7. The number of carbonyl (C=O) groups excluding carboxylic acids is 1. The Kier molecular flexibility index (Phi) is 5.07. The molecule has 1 amide bonds. The first-order chi connectivity index (χ1) is 8.20. The average Bonchev–Trinajstić information content (AvgIpc) is 2.34. The van der Waals surface area contributed by atoms with Crippen LogP contribution in [0.3, 0.4) is 0 Å². The van der Waals surface area contributed by atoms with Gasteiger partial charge in [-0.1, -0.05) is 18.2 Å². The van der Waals surface area contributed by atoms with E-state index in [4.69, 9.17) is 10.5 Å². The van der Waals surface area contributed by atoms with Crippen molar-refractivity contribution in [1.29, 1.82) is 0 Å². The molecule has 17 heavy (non-hydrogen) atoms. The lowest BCUT2D eigenvalue weighted by Gasteiger charge is -2.10. The summed E-state index contributed by atoms with van der Waals surface area (Å²) in [5.74, 6) is 0.290. The number of benzene rings is 1. The zero-order valence-electron chi connectivity index (χ0n) is 10.2.